The first-order valence-electron chi connectivity index (χ1n) is 10.5. The van der Waals surface area contributed by atoms with Crippen LogP contribution < -0.4 is 4.74 Å². The van der Waals surface area contributed by atoms with E-state index < -0.39 is 10.0 Å². The van der Waals surface area contributed by atoms with Crippen molar-refractivity contribution in [1.29, 1.82) is 0 Å². The average molecular weight is 446 g/mol. The molecule has 2 aromatic rings. The molecule has 1 amide bonds. The summed E-state index contributed by atoms with van der Waals surface area (Å²) in [5, 5.41) is 0. The summed E-state index contributed by atoms with van der Waals surface area (Å²) < 4.78 is 33.5. The lowest BCUT2D eigenvalue weighted by Crippen LogP contribution is -2.51. The number of piperazine rings is 1. The first-order chi connectivity index (χ1) is 14.8. The Balaban J connectivity index is 1.83. The molecule has 1 fully saturated rings. The fraction of sp³-hybridized carbons (Fsp3) is 0.435. The van der Waals surface area contributed by atoms with Crippen LogP contribution >= 0.6 is 0 Å². The van der Waals surface area contributed by atoms with E-state index in [0.29, 0.717) is 25.3 Å². The number of carbonyl (C=O) groups is 1. The number of sulfonamides is 1. The van der Waals surface area contributed by atoms with Gasteiger partial charge in [0, 0.05) is 32.7 Å². The van der Waals surface area contributed by atoms with E-state index in [1.54, 1.807) is 24.1 Å². The van der Waals surface area contributed by atoms with Crippen molar-refractivity contribution < 1.29 is 17.9 Å². The van der Waals surface area contributed by atoms with Gasteiger partial charge in [-0.25, -0.2) is 8.42 Å². The fourth-order valence-electron chi connectivity index (χ4n) is 3.65. The lowest BCUT2D eigenvalue weighted by molar-refractivity contribution is -0.132. The van der Waals surface area contributed by atoms with Crippen molar-refractivity contribution in [1.82, 2.24) is 14.1 Å². The third-order valence-corrected chi connectivity index (χ3v) is 7.51. The van der Waals surface area contributed by atoms with Crippen molar-refractivity contribution in [3.8, 4) is 5.75 Å². The van der Waals surface area contributed by atoms with Crippen molar-refractivity contribution in [2.75, 3.05) is 53.4 Å². The minimum atomic E-state index is -3.84. The third kappa shape index (κ3) is 5.84. The molecule has 1 saturated heterocycles. The maximum Gasteiger partial charge on any atom is 0.243 e. The van der Waals surface area contributed by atoms with Crippen molar-refractivity contribution in [2.24, 2.45) is 0 Å². The number of nitrogens with zero attached hydrogens (tertiary/aromatic N) is 3. The monoisotopic (exact) mass is 445 g/mol. The molecule has 168 valence electrons. The number of amides is 1. The molecule has 8 heteroatoms. The molecule has 1 heterocycles. The van der Waals surface area contributed by atoms with Gasteiger partial charge in [-0.3, -0.25) is 4.79 Å². The van der Waals surface area contributed by atoms with Gasteiger partial charge in [0.2, 0.25) is 15.9 Å². The van der Waals surface area contributed by atoms with Crippen LogP contribution in [0.4, 0.5) is 0 Å². The molecule has 0 spiro atoms. The Labute approximate surface area is 185 Å². The Morgan fingerprint density at radius 1 is 1.06 bits per heavy atom. The van der Waals surface area contributed by atoms with Crippen LogP contribution in [0.2, 0.25) is 0 Å². The van der Waals surface area contributed by atoms with E-state index in [-0.39, 0.29) is 23.9 Å². The summed E-state index contributed by atoms with van der Waals surface area (Å²) in [6.07, 6.45) is 0.533. The number of aryl methyl sites for hydroxylation is 1. The average Bonchev–Trinajstić information content (AvgIpc) is 2.77. The van der Waals surface area contributed by atoms with Gasteiger partial charge in [-0.1, -0.05) is 30.3 Å². The molecule has 0 unspecified atom stereocenters. The Morgan fingerprint density at radius 3 is 2.35 bits per heavy atom. The normalized spacial score (nSPS) is 15.3. The number of ether oxygens (including phenoxy) is 1. The van der Waals surface area contributed by atoms with Crippen molar-refractivity contribution >= 4 is 15.9 Å². The molecule has 7 nitrogen and oxygen atoms in total. The maximum absolute atomic E-state index is 13.5. The Morgan fingerprint density at radius 2 is 1.74 bits per heavy atom. The molecule has 0 radical (unpaired) electrons. The van der Waals surface area contributed by atoms with Crippen LogP contribution in [0.1, 0.15) is 11.1 Å². The highest BCUT2D eigenvalue weighted by Crippen LogP contribution is 2.24. The first kappa shape index (κ1) is 23.2. The summed E-state index contributed by atoms with van der Waals surface area (Å²) in [6, 6.07) is 14.5. The summed E-state index contributed by atoms with van der Waals surface area (Å²) in [5.41, 5.74) is 1.76. The van der Waals surface area contributed by atoms with Crippen LogP contribution in [0, 0.1) is 6.92 Å². The molecule has 3 rings (SSSR count). The van der Waals surface area contributed by atoms with Gasteiger partial charge in [-0.2, -0.15) is 4.31 Å². The van der Waals surface area contributed by atoms with Gasteiger partial charge in [0.1, 0.15) is 5.75 Å². The van der Waals surface area contributed by atoms with E-state index >= 15 is 0 Å². The number of hydrogen-bond acceptors (Lipinski definition) is 5. The second kappa shape index (κ2) is 10.3. The number of benzene rings is 2. The van der Waals surface area contributed by atoms with E-state index in [1.165, 1.54) is 10.4 Å². The molecule has 0 atom stereocenters. The molecule has 0 aromatic heterocycles. The standard InChI is InChI=1S/C23H31N3O4S/c1-19-17-21(9-10-22(19)30-3)31(28,29)26(12-11-20-7-5-4-6-8-20)18-23(27)25-15-13-24(2)14-16-25/h4-10,17H,11-16,18H2,1-3H3. The predicted molar refractivity (Wildman–Crippen MR) is 121 cm³/mol. The number of likely N-dealkylation sites (N-methyl/N-ethyl adjacent to an activating group) is 1. The van der Waals surface area contributed by atoms with Gasteiger partial charge in [0.05, 0.1) is 18.6 Å². The first-order valence-corrected chi connectivity index (χ1v) is 11.9. The highest BCUT2D eigenvalue weighted by molar-refractivity contribution is 7.89. The Bertz CT molecular complexity index is 987. The van der Waals surface area contributed by atoms with Crippen molar-refractivity contribution in [2.45, 2.75) is 18.2 Å². The zero-order chi connectivity index (χ0) is 22.4. The minimum absolute atomic E-state index is 0.157. The van der Waals surface area contributed by atoms with Gasteiger partial charge in [-0.05, 0) is 49.7 Å². The summed E-state index contributed by atoms with van der Waals surface area (Å²) in [4.78, 5) is 17.0. The number of carbonyl (C=O) groups excluding carboxylic acids is 1. The van der Waals surface area contributed by atoms with Crippen LogP contribution in [0.3, 0.4) is 0 Å². The fourth-order valence-corrected chi connectivity index (χ4v) is 5.13. The molecule has 2 aromatic carbocycles. The summed E-state index contributed by atoms with van der Waals surface area (Å²) in [5.74, 6) is 0.471. The van der Waals surface area contributed by atoms with E-state index in [2.05, 4.69) is 4.90 Å². The SMILES string of the molecule is COc1ccc(S(=O)(=O)N(CCc2ccccc2)CC(=O)N2CCN(C)CC2)cc1C. The van der Waals surface area contributed by atoms with Crippen molar-refractivity contribution in [3.05, 3.63) is 59.7 Å². The molecule has 0 N–H and O–H groups in total. The molecule has 0 saturated carbocycles. The van der Waals surface area contributed by atoms with Crippen LogP contribution in [0.5, 0.6) is 5.75 Å². The summed E-state index contributed by atoms with van der Waals surface area (Å²) in [7, 11) is -0.272. The number of methoxy groups -OCH3 is 1. The Hall–Kier alpha value is -2.42. The lowest BCUT2D eigenvalue weighted by Gasteiger charge is -2.33. The minimum Gasteiger partial charge on any atom is -0.496 e. The van der Waals surface area contributed by atoms with Gasteiger partial charge in [0.15, 0.2) is 0 Å². The highest BCUT2D eigenvalue weighted by atomic mass is 32.2. The molecule has 1 aliphatic heterocycles. The van der Waals surface area contributed by atoms with E-state index in [4.69, 9.17) is 4.74 Å². The quantitative estimate of drug-likeness (QED) is 0.622. The highest BCUT2D eigenvalue weighted by Gasteiger charge is 2.29. The van der Waals surface area contributed by atoms with Gasteiger partial charge in [-0.15, -0.1) is 0 Å². The molecule has 31 heavy (non-hydrogen) atoms. The Kier molecular flexibility index (Phi) is 7.69. The predicted octanol–water partition coefficient (Wildman–Crippen LogP) is 2.01. The molecular formula is C23H31N3O4S. The third-order valence-electron chi connectivity index (χ3n) is 5.66. The summed E-state index contributed by atoms with van der Waals surface area (Å²) in [6.45, 7) is 4.69. The molecule has 0 aliphatic carbocycles. The van der Waals surface area contributed by atoms with Crippen LogP contribution in [-0.2, 0) is 21.2 Å². The second-order valence-corrected chi connectivity index (χ2v) is 9.83. The molecular weight excluding hydrogens is 414 g/mol. The maximum atomic E-state index is 13.5. The zero-order valence-corrected chi connectivity index (χ0v) is 19.3. The second-order valence-electron chi connectivity index (χ2n) is 7.89. The topological polar surface area (TPSA) is 70.2 Å². The van der Waals surface area contributed by atoms with Crippen LogP contribution in [0.25, 0.3) is 0 Å². The smallest absolute Gasteiger partial charge is 0.243 e. The molecule has 0 bridgehead atoms. The van der Waals surface area contributed by atoms with E-state index in [9.17, 15) is 13.2 Å². The van der Waals surface area contributed by atoms with Gasteiger partial charge >= 0.3 is 0 Å². The largest absolute Gasteiger partial charge is 0.496 e. The lowest BCUT2D eigenvalue weighted by atomic mass is 10.1. The summed E-state index contributed by atoms with van der Waals surface area (Å²) >= 11 is 0. The zero-order valence-electron chi connectivity index (χ0n) is 18.5. The van der Waals surface area contributed by atoms with Crippen LogP contribution in [-0.4, -0.2) is 81.9 Å². The van der Waals surface area contributed by atoms with Gasteiger partial charge < -0.3 is 14.5 Å². The van der Waals surface area contributed by atoms with E-state index in [0.717, 1.165) is 24.2 Å². The number of hydrogen-bond donors (Lipinski definition) is 0. The van der Waals surface area contributed by atoms with Crippen molar-refractivity contribution in [3.63, 3.8) is 0 Å². The van der Waals surface area contributed by atoms with Crippen LogP contribution in [0.15, 0.2) is 53.4 Å². The molecule has 1 aliphatic rings. The van der Waals surface area contributed by atoms with Gasteiger partial charge in [0.25, 0.3) is 0 Å². The van der Waals surface area contributed by atoms with E-state index in [1.807, 2.05) is 44.3 Å². The number of rotatable bonds is 8.